The highest BCUT2D eigenvalue weighted by molar-refractivity contribution is 5.94. The zero-order valence-corrected chi connectivity index (χ0v) is 11.1. The van der Waals surface area contributed by atoms with E-state index < -0.39 is 10.9 Å². The van der Waals surface area contributed by atoms with Crippen molar-refractivity contribution in [2.45, 2.75) is 13.8 Å². The molecule has 1 unspecified atom stereocenters. The number of nitro groups is 1. The monoisotopic (exact) mass is 278 g/mol. The Hall–Kier alpha value is -2.69. The van der Waals surface area contributed by atoms with Gasteiger partial charge >= 0.3 is 5.97 Å². The van der Waals surface area contributed by atoms with Crippen LogP contribution in [0.4, 0.5) is 11.5 Å². The number of hydrogen-bond acceptors (Lipinski definition) is 6. The molecule has 0 spiro atoms. The molecular formula is C12H14N4O4. The first-order valence-electron chi connectivity index (χ1n) is 5.93. The Labute approximate surface area is 115 Å². The summed E-state index contributed by atoms with van der Waals surface area (Å²) in [4.78, 5) is 26.7. The van der Waals surface area contributed by atoms with E-state index in [2.05, 4.69) is 11.1 Å². The smallest absolute Gasteiger partial charge is 0.339 e. The molecular weight excluding hydrogens is 264 g/mol. The van der Waals surface area contributed by atoms with Gasteiger partial charge in [0.2, 0.25) is 0 Å². The zero-order chi connectivity index (χ0) is 15.3. The largest absolute Gasteiger partial charge is 0.478 e. The van der Waals surface area contributed by atoms with Gasteiger partial charge in [-0.05, 0) is 13.8 Å². The van der Waals surface area contributed by atoms with E-state index >= 15 is 0 Å². The van der Waals surface area contributed by atoms with E-state index in [1.807, 2.05) is 0 Å². The third-order valence-corrected chi connectivity index (χ3v) is 2.69. The van der Waals surface area contributed by atoms with Crippen LogP contribution in [0.2, 0.25) is 0 Å². The number of aromatic carboxylic acids is 1. The maximum Gasteiger partial charge on any atom is 0.339 e. The van der Waals surface area contributed by atoms with Crippen LogP contribution >= 0.6 is 0 Å². The molecule has 0 aromatic carbocycles. The maximum atomic E-state index is 11.2. The van der Waals surface area contributed by atoms with E-state index in [-0.39, 0.29) is 23.0 Å². The standard InChI is InChI=1S/C12H14N4O4/c1-3-15(7-8(2)5-13)11-10(12(17)18)4-9(6-14-11)16(19)20/h4,6,8H,3,7H2,1-2H3,(H,17,18). The first-order chi connectivity index (χ1) is 9.40. The van der Waals surface area contributed by atoms with Crippen LogP contribution in [-0.4, -0.2) is 34.1 Å². The Balaban J connectivity index is 3.25. The average Bonchev–Trinajstić information content (AvgIpc) is 2.43. The lowest BCUT2D eigenvalue weighted by Crippen LogP contribution is -2.30. The van der Waals surface area contributed by atoms with E-state index in [1.165, 1.54) is 0 Å². The van der Waals surface area contributed by atoms with Crippen LogP contribution in [0.1, 0.15) is 24.2 Å². The van der Waals surface area contributed by atoms with Crippen molar-refractivity contribution < 1.29 is 14.8 Å². The minimum absolute atomic E-state index is 0.132. The fourth-order valence-electron chi connectivity index (χ4n) is 1.69. The predicted octanol–water partition coefficient (Wildman–Crippen LogP) is 1.67. The number of carbonyl (C=O) groups is 1. The lowest BCUT2D eigenvalue weighted by atomic mass is 10.1. The molecule has 1 aromatic heterocycles. The van der Waals surface area contributed by atoms with Gasteiger partial charge in [0.15, 0.2) is 0 Å². The lowest BCUT2D eigenvalue weighted by Gasteiger charge is -2.24. The fourth-order valence-corrected chi connectivity index (χ4v) is 1.69. The Morgan fingerprint density at radius 3 is 2.80 bits per heavy atom. The van der Waals surface area contributed by atoms with Gasteiger partial charge in [0.1, 0.15) is 17.6 Å². The number of nitrogens with zero attached hydrogens (tertiary/aromatic N) is 4. The summed E-state index contributed by atoms with van der Waals surface area (Å²) < 4.78 is 0. The summed E-state index contributed by atoms with van der Waals surface area (Å²) in [5, 5.41) is 28.6. The molecule has 8 heteroatoms. The predicted molar refractivity (Wildman–Crippen MR) is 70.5 cm³/mol. The van der Waals surface area contributed by atoms with Crippen LogP contribution in [0.3, 0.4) is 0 Å². The van der Waals surface area contributed by atoms with Crippen LogP contribution in [0.25, 0.3) is 0 Å². The van der Waals surface area contributed by atoms with Gasteiger partial charge in [0, 0.05) is 19.2 Å². The highest BCUT2D eigenvalue weighted by atomic mass is 16.6. The second-order valence-corrected chi connectivity index (χ2v) is 4.20. The number of carboxylic acid groups (broad SMARTS) is 1. The van der Waals surface area contributed by atoms with Crippen molar-refractivity contribution >= 4 is 17.5 Å². The van der Waals surface area contributed by atoms with Gasteiger partial charge in [0.05, 0.1) is 16.9 Å². The highest BCUT2D eigenvalue weighted by Gasteiger charge is 2.22. The van der Waals surface area contributed by atoms with Crippen molar-refractivity contribution in [2.75, 3.05) is 18.0 Å². The molecule has 0 aliphatic rings. The summed E-state index contributed by atoms with van der Waals surface area (Å²) in [7, 11) is 0. The third kappa shape index (κ3) is 3.41. The van der Waals surface area contributed by atoms with Gasteiger partial charge < -0.3 is 10.0 Å². The first kappa shape index (κ1) is 15.4. The van der Waals surface area contributed by atoms with Crippen molar-refractivity contribution in [3.05, 3.63) is 27.9 Å². The quantitative estimate of drug-likeness (QED) is 0.620. The maximum absolute atomic E-state index is 11.2. The molecule has 1 atom stereocenters. The van der Waals surface area contributed by atoms with E-state index in [1.54, 1.807) is 18.7 Å². The molecule has 1 rings (SSSR count). The van der Waals surface area contributed by atoms with Gasteiger partial charge in [-0.3, -0.25) is 10.1 Å². The molecule has 0 fully saturated rings. The van der Waals surface area contributed by atoms with Crippen LogP contribution in [0, 0.1) is 27.4 Å². The number of nitriles is 1. The van der Waals surface area contributed by atoms with Crippen molar-refractivity contribution in [1.29, 1.82) is 5.26 Å². The summed E-state index contributed by atoms with van der Waals surface area (Å²) in [6.45, 7) is 4.24. The van der Waals surface area contributed by atoms with Crippen LogP contribution in [-0.2, 0) is 0 Å². The summed E-state index contributed by atoms with van der Waals surface area (Å²) >= 11 is 0. The van der Waals surface area contributed by atoms with Crippen molar-refractivity contribution in [1.82, 2.24) is 4.98 Å². The number of rotatable bonds is 6. The summed E-state index contributed by atoms with van der Waals surface area (Å²) in [5.41, 5.74) is -0.623. The average molecular weight is 278 g/mol. The van der Waals surface area contributed by atoms with E-state index in [0.29, 0.717) is 13.1 Å². The minimum atomic E-state index is -1.29. The minimum Gasteiger partial charge on any atom is -0.478 e. The molecule has 0 aliphatic carbocycles. The molecule has 8 nitrogen and oxygen atoms in total. The van der Waals surface area contributed by atoms with Crippen LogP contribution < -0.4 is 4.90 Å². The number of carboxylic acids is 1. The first-order valence-corrected chi connectivity index (χ1v) is 5.93. The molecule has 20 heavy (non-hydrogen) atoms. The van der Waals surface area contributed by atoms with Gasteiger partial charge in [0.25, 0.3) is 5.69 Å². The van der Waals surface area contributed by atoms with Gasteiger partial charge in [-0.2, -0.15) is 5.26 Å². The van der Waals surface area contributed by atoms with Gasteiger partial charge in [-0.25, -0.2) is 9.78 Å². The van der Waals surface area contributed by atoms with Gasteiger partial charge in [-0.1, -0.05) is 0 Å². The Kier molecular flexibility index (Phi) is 4.97. The SMILES string of the molecule is CCN(CC(C)C#N)c1ncc([N+](=O)[O-])cc1C(=O)O. The van der Waals surface area contributed by atoms with Crippen LogP contribution in [0.15, 0.2) is 12.3 Å². The Morgan fingerprint density at radius 2 is 2.35 bits per heavy atom. The van der Waals surface area contributed by atoms with E-state index in [9.17, 15) is 14.9 Å². The van der Waals surface area contributed by atoms with Gasteiger partial charge in [-0.15, -0.1) is 0 Å². The Morgan fingerprint density at radius 1 is 1.70 bits per heavy atom. The molecule has 0 radical (unpaired) electrons. The summed E-state index contributed by atoms with van der Waals surface area (Å²) in [6.07, 6.45) is 1.02. The van der Waals surface area contributed by atoms with Crippen molar-refractivity contribution in [3.8, 4) is 6.07 Å². The zero-order valence-electron chi connectivity index (χ0n) is 11.1. The number of pyridine rings is 1. The number of hydrogen-bond donors (Lipinski definition) is 1. The third-order valence-electron chi connectivity index (χ3n) is 2.69. The molecule has 0 saturated carbocycles. The van der Waals surface area contributed by atoms with E-state index in [0.717, 1.165) is 12.3 Å². The van der Waals surface area contributed by atoms with Crippen LogP contribution in [0.5, 0.6) is 0 Å². The fraction of sp³-hybridized carbons (Fsp3) is 0.417. The Bertz CT molecular complexity index is 567. The molecule has 106 valence electrons. The summed E-state index contributed by atoms with van der Waals surface area (Å²) in [5.74, 6) is -1.47. The second-order valence-electron chi connectivity index (χ2n) is 4.20. The van der Waals surface area contributed by atoms with Crippen molar-refractivity contribution in [2.24, 2.45) is 5.92 Å². The topological polar surface area (TPSA) is 120 Å². The second kappa shape index (κ2) is 6.47. The molecule has 0 saturated heterocycles. The highest BCUT2D eigenvalue weighted by Crippen LogP contribution is 2.23. The number of aromatic nitrogens is 1. The molecule has 1 aromatic rings. The molecule has 1 heterocycles. The summed E-state index contributed by atoms with van der Waals surface area (Å²) in [6, 6.07) is 3.03. The lowest BCUT2D eigenvalue weighted by molar-refractivity contribution is -0.385. The van der Waals surface area contributed by atoms with E-state index in [4.69, 9.17) is 10.4 Å². The van der Waals surface area contributed by atoms with Crippen molar-refractivity contribution in [3.63, 3.8) is 0 Å². The molecule has 0 aliphatic heterocycles. The number of anilines is 1. The normalized spacial score (nSPS) is 11.4. The molecule has 0 amide bonds. The molecule has 1 N–H and O–H groups in total. The molecule has 0 bridgehead atoms.